The second kappa shape index (κ2) is 5.24. The molecule has 0 aliphatic rings. The van der Waals surface area contributed by atoms with Crippen molar-refractivity contribution in [2.24, 2.45) is 0 Å². The predicted octanol–water partition coefficient (Wildman–Crippen LogP) is 0.981. The molecule has 2 aromatic rings. The van der Waals surface area contributed by atoms with Crippen LogP contribution < -0.4 is 15.1 Å². The molecular weight excluding hydrogens is 281 g/mol. The van der Waals surface area contributed by atoms with Gasteiger partial charge in [-0.15, -0.1) is 0 Å². The Bertz CT molecular complexity index is 565. The van der Waals surface area contributed by atoms with Crippen molar-refractivity contribution in [3.8, 4) is 5.95 Å². The molecule has 0 aliphatic carbocycles. The van der Waals surface area contributed by atoms with Gasteiger partial charge in [-0.05, 0) is 18.2 Å². The number of halogens is 2. The smallest absolute Gasteiger partial charge is 0.292 e. The first-order chi connectivity index (χ1) is 8.52. The van der Waals surface area contributed by atoms with Gasteiger partial charge in [-0.1, -0.05) is 27.9 Å². The van der Waals surface area contributed by atoms with E-state index in [-0.39, 0.29) is 12.5 Å². The summed E-state index contributed by atoms with van der Waals surface area (Å²) in [6.45, 7) is -0.143. The summed E-state index contributed by atoms with van der Waals surface area (Å²) in [7, 11) is 0. The number of amides is 1. The topological polar surface area (TPSA) is 82.1 Å². The van der Waals surface area contributed by atoms with Crippen molar-refractivity contribution in [1.29, 1.82) is 0 Å². The third-order valence-corrected chi connectivity index (χ3v) is 2.38. The number of benzene rings is 1. The lowest BCUT2D eigenvalue weighted by Crippen LogP contribution is -2.41. The van der Waals surface area contributed by atoms with Gasteiger partial charge >= 0.3 is 0 Å². The fourth-order valence-electron chi connectivity index (χ4n) is 1.31. The summed E-state index contributed by atoms with van der Waals surface area (Å²) >= 11 is 11.6. The zero-order chi connectivity index (χ0) is 13.1. The molecule has 0 unspecified atom stereocenters. The van der Waals surface area contributed by atoms with Gasteiger partial charge in [-0.3, -0.25) is 4.79 Å². The summed E-state index contributed by atoms with van der Waals surface area (Å²) in [4.78, 5) is 11.6. The Kier molecular flexibility index (Phi) is 3.69. The number of anilines is 1. The van der Waals surface area contributed by atoms with Crippen LogP contribution in [0.4, 0.5) is 5.69 Å². The van der Waals surface area contributed by atoms with Crippen molar-refractivity contribution >= 4 is 34.8 Å². The minimum atomic E-state index is -0.617. The van der Waals surface area contributed by atoms with Crippen LogP contribution in [0.3, 0.4) is 0 Å². The Balaban J connectivity index is 2.02. The van der Waals surface area contributed by atoms with E-state index < -0.39 is 5.95 Å². The Morgan fingerprint density at radius 3 is 2.61 bits per heavy atom. The molecule has 18 heavy (non-hydrogen) atoms. The summed E-state index contributed by atoms with van der Waals surface area (Å²) < 4.78 is 5.38. The van der Waals surface area contributed by atoms with E-state index in [1.807, 2.05) is 0 Å². The molecular formula is C10H7Cl2N3O3. The van der Waals surface area contributed by atoms with Gasteiger partial charge in [0.15, 0.2) is 0 Å². The maximum Gasteiger partial charge on any atom is 0.292 e. The van der Waals surface area contributed by atoms with Gasteiger partial charge in [0.25, 0.3) is 12.5 Å². The van der Waals surface area contributed by atoms with Gasteiger partial charge < -0.3 is 14.9 Å². The highest BCUT2D eigenvalue weighted by Crippen LogP contribution is 2.22. The number of carbonyl (C=O) groups excluding carboxylic acids is 1. The van der Waals surface area contributed by atoms with E-state index in [2.05, 4.69) is 15.1 Å². The molecule has 1 amide bonds. The second-order valence-electron chi connectivity index (χ2n) is 3.42. The van der Waals surface area contributed by atoms with Gasteiger partial charge in [-0.2, -0.15) is 0 Å². The van der Waals surface area contributed by atoms with E-state index >= 15 is 0 Å². The van der Waals surface area contributed by atoms with E-state index in [4.69, 9.17) is 23.2 Å². The summed E-state index contributed by atoms with van der Waals surface area (Å²) in [5.74, 6) is -1.000. The van der Waals surface area contributed by atoms with Crippen LogP contribution in [-0.2, 0) is 11.3 Å². The summed E-state index contributed by atoms with van der Waals surface area (Å²) in [5, 5.41) is 17.4. The van der Waals surface area contributed by atoms with Crippen LogP contribution in [-0.4, -0.2) is 11.2 Å². The first kappa shape index (κ1) is 12.7. The fraction of sp³-hybridized carbons (Fsp3) is 0.100. The molecule has 6 nitrogen and oxygen atoms in total. The van der Waals surface area contributed by atoms with Crippen LogP contribution in [0.1, 0.15) is 0 Å². The second-order valence-corrected chi connectivity index (χ2v) is 4.30. The number of hydrogen-bond acceptors (Lipinski definition) is 4. The third kappa shape index (κ3) is 3.35. The zero-order valence-electron chi connectivity index (χ0n) is 8.89. The number of nitrogens with zero attached hydrogens (tertiary/aromatic N) is 2. The van der Waals surface area contributed by atoms with E-state index in [1.165, 1.54) is 0 Å². The van der Waals surface area contributed by atoms with E-state index in [1.54, 1.807) is 18.2 Å². The number of nitrogens with one attached hydrogen (secondary N) is 1. The average molecular weight is 288 g/mol. The maximum absolute atomic E-state index is 11.6. The minimum absolute atomic E-state index is 0.143. The molecule has 2 rings (SSSR count). The lowest BCUT2D eigenvalue weighted by molar-refractivity contribution is -0.750. The lowest BCUT2D eigenvalue weighted by atomic mass is 10.3. The van der Waals surface area contributed by atoms with Crippen molar-refractivity contribution < 1.29 is 19.1 Å². The molecule has 0 atom stereocenters. The van der Waals surface area contributed by atoms with Gasteiger partial charge in [-0.25, -0.2) is 0 Å². The molecule has 0 saturated heterocycles. The molecule has 1 N–H and O–H groups in total. The average Bonchev–Trinajstić information content (AvgIpc) is 2.61. The number of rotatable bonds is 3. The van der Waals surface area contributed by atoms with E-state index in [9.17, 15) is 9.90 Å². The minimum Gasteiger partial charge on any atom is -0.539 e. The Hall–Kier alpha value is -1.79. The summed E-state index contributed by atoms with van der Waals surface area (Å²) in [6.07, 6.45) is 1.07. The van der Waals surface area contributed by atoms with Crippen molar-refractivity contribution in [2.75, 3.05) is 5.32 Å². The molecule has 1 aromatic carbocycles. The maximum atomic E-state index is 11.6. The monoisotopic (exact) mass is 287 g/mol. The van der Waals surface area contributed by atoms with Crippen LogP contribution in [0.2, 0.25) is 10.0 Å². The highest BCUT2D eigenvalue weighted by Gasteiger charge is 2.12. The molecule has 8 heteroatoms. The van der Waals surface area contributed by atoms with Crippen LogP contribution in [0, 0.1) is 0 Å². The lowest BCUT2D eigenvalue weighted by Gasteiger charge is -2.03. The predicted molar refractivity (Wildman–Crippen MR) is 61.2 cm³/mol. The van der Waals surface area contributed by atoms with Crippen molar-refractivity contribution in [3.63, 3.8) is 0 Å². The molecule has 0 aliphatic heterocycles. The van der Waals surface area contributed by atoms with Gasteiger partial charge in [0, 0.05) is 15.7 Å². The first-order valence-electron chi connectivity index (χ1n) is 4.82. The van der Waals surface area contributed by atoms with Crippen LogP contribution >= 0.6 is 23.2 Å². The van der Waals surface area contributed by atoms with Gasteiger partial charge in [0.1, 0.15) is 5.95 Å². The Labute approximate surface area is 112 Å². The van der Waals surface area contributed by atoms with Crippen molar-refractivity contribution in [2.45, 2.75) is 6.54 Å². The molecule has 0 fully saturated rings. The molecule has 0 bridgehead atoms. The number of carbonyl (C=O) groups is 1. The molecule has 0 saturated carbocycles. The summed E-state index contributed by atoms with van der Waals surface area (Å²) in [5.41, 5.74) is 0.462. The summed E-state index contributed by atoms with van der Waals surface area (Å²) in [6, 6.07) is 4.66. The quantitative estimate of drug-likeness (QED) is 0.853. The van der Waals surface area contributed by atoms with Crippen LogP contribution in [0.5, 0.6) is 5.95 Å². The van der Waals surface area contributed by atoms with Crippen molar-refractivity contribution in [1.82, 2.24) is 5.27 Å². The van der Waals surface area contributed by atoms with E-state index in [0.29, 0.717) is 15.7 Å². The SMILES string of the molecule is O=C(C[n+]1cc([O-])on1)Nc1cc(Cl)cc(Cl)c1. The van der Waals surface area contributed by atoms with Gasteiger partial charge in [0.05, 0.1) is 5.27 Å². The van der Waals surface area contributed by atoms with Gasteiger partial charge in [0.2, 0.25) is 6.20 Å². The first-order valence-corrected chi connectivity index (χ1v) is 5.58. The highest BCUT2D eigenvalue weighted by molar-refractivity contribution is 6.35. The molecule has 1 heterocycles. The largest absolute Gasteiger partial charge is 0.539 e. The zero-order valence-corrected chi connectivity index (χ0v) is 10.4. The fourth-order valence-corrected chi connectivity index (χ4v) is 1.84. The number of aromatic nitrogens is 2. The van der Waals surface area contributed by atoms with Crippen LogP contribution in [0.15, 0.2) is 28.9 Å². The van der Waals surface area contributed by atoms with Crippen LogP contribution in [0.25, 0.3) is 0 Å². The Morgan fingerprint density at radius 2 is 2.06 bits per heavy atom. The molecule has 94 valence electrons. The molecule has 1 aromatic heterocycles. The third-order valence-electron chi connectivity index (χ3n) is 1.94. The highest BCUT2D eigenvalue weighted by atomic mass is 35.5. The Morgan fingerprint density at radius 1 is 1.39 bits per heavy atom. The van der Waals surface area contributed by atoms with E-state index in [0.717, 1.165) is 10.9 Å². The van der Waals surface area contributed by atoms with Crippen molar-refractivity contribution in [3.05, 3.63) is 34.4 Å². The molecule has 0 radical (unpaired) electrons. The standard InChI is InChI=1S/C10H7Cl2N3O3/c11-6-1-7(12)3-8(2-6)13-9(16)4-15-5-10(17)18-14-15/h1-3,5H,4H2,(H-,13,14,16,17). The normalized spacial score (nSPS) is 10.3. The number of hydrogen-bond donors (Lipinski definition) is 1. The molecule has 0 spiro atoms.